The molecule has 1 amide bonds. The van der Waals surface area contributed by atoms with Gasteiger partial charge in [-0.15, -0.1) is 0 Å². The van der Waals surface area contributed by atoms with E-state index in [0.29, 0.717) is 18.5 Å². The third-order valence-corrected chi connectivity index (χ3v) is 5.36. The van der Waals surface area contributed by atoms with Crippen molar-refractivity contribution in [1.82, 2.24) is 14.8 Å². The highest BCUT2D eigenvalue weighted by molar-refractivity contribution is 5.78. The van der Waals surface area contributed by atoms with E-state index in [1.54, 1.807) is 6.07 Å². The summed E-state index contributed by atoms with van der Waals surface area (Å²) in [6.07, 6.45) is 5.12. The third-order valence-electron chi connectivity index (χ3n) is 5.36. The molecule has 1 fully saturated rings. The van der Waals surface area contributed by atoms with Gasteiger partial charge in [-0.2, -0.15) is 0 Å². The molecular formula is C19H29N3O2. The van der Waals surface area contributed by atoms with Crippen molar-refractivity contribution >= 4 is 5.91 Å². The van der Waals surface area contributed by atoms with E-state index in [0.717, 1.165) is 25.8 Å². The van der Waals surface area contributed by atoms with Crippen molar-refractivity contribution in [1.29, 1.82) is 0 Å². The molecular weight excluding hydrogens is 302 g/mol. The van der Waals surface area contributed by atoms with Gasteiger partial charge in [-0.05, 0) is 64.5 Å². The molecule has 2 aliphatic rings. The molecule has 24 heavy (non-hydrogen) atoms. The second kappa shape index (κ2) is 7.09. The van der Waals surface area contributed by atoms with Crippen LogP contribution in [0.25, 0.3) is 0 Å². The Hall–Kier alpha value is -1.62. The average molecular weight is 331 g/mol. The fourth-order valence-corrected chi connectivity index (χ4v) is 3.39. The lowest BCUT2D eigenvalue weighted by atomic mass is 9.91. The molecule has 0 aliphatic heterocycles. The van der Waals surface area contributed by atoms with Crippen LogP contribution in [0.2, 0.25) is 0 Å². The Bertz CT molecular complexity index is 661. The van der Waals surface area contributed by atoms with Crippen LogP contribution < -0.4 is 10.9 Å². The first-order valence-electron chi connectivity index (χ1n) is 9.15. The summed E-state index contributed by atoms with van der Waals surface area (Å²) in [7, 11) is 1.97. The molecule has 0 spiro atoms. The molecule has 0 saturated heterocycles. The van der Waals surface area contributed by atoms with E-state index in [4.69, 9.17) is 0 Å². The molecule has 1 saturated carbocycles. The summed E-state index contributed by atoms with van der Waals surface area (Å²) in [5.41, 5.74) is 2.55. The number of amides is 1. The lowest BCUT2D eigenvalue weighted by Crippen LogP contribution is -2.45. The average Bonchev–Trinajstić information content (AvgIpc) is 3.34. The van der Waals surface area contributed by atoms with Gasteiger partial charge in [0.15, 0.2) is 0 Å². The molecule has 3 rings (SSSR count). The van der Waals surface area contributed by atoms with Crippen molar-refractivity contribution in [2.45, 2.75) is 64.6 Å². The lowest BCUT2D eigenvalue weighted by Gasteiger charge is -2.29. The minimum Gasteiger partial charge on any atom is -0.352 e. The third kappa shape index (κ3) is 4.07. The number of pyridine rings is 1. The van der Waals surface area contributed by atoms with Gasteiger partial charge in [0.2, 0.25) is 5.91 Å². The Morgan fingerprint density at radius 3 is 2.75 bits per heavy atom. The molecule has 5 heteroatoms. The minimum absolute atomic E-state index is 0.0888. The van der Waals surface area contributed by atoms with Crippen LogP contribution in [0.15, 0.2) is 16.9 Å². The van der Waals surface area contributed by atoms with Crippen molar-refractivity contribution in [3.05, 3.63) is 33.7 Å². The zero-order valence-electron chi connectivity index (χ0n) is 15.0. The number of nitrogens with zero attached hydrogens (tertiary/aromatic N) is 2. The van der Waals surface area contributed by atoms with E-state index in [9.17, 15) is 9.59 Å². The zero-order chi connectivity index (χ0) is 17.3. The van der Waals surface area contributed by atoms with Crippen LogP contribution in [-0.4, -0.2) is 41.1 Å². The van der Waals surface area contributed by atoms with Crippen LogP contribution in [0.1, 0.15) is 44.4 Å². The van der Waals surface area contributed by atoms with Crippen LogP contribution in [-0.2, 0) is 24.2 Å². The summed E-state index contributed by atoms with van der Waals surface area (Å²) < 4.78 is 1.98. The lowest BCUT2D eigenvalue weighted by molar-refractivity contribution is -0.123. The van der Waals surface area contributed by atoms with Crippen LogP contribution in [0.3, 0.4) is 0 Å². The predicted molar refractivity (Wildman–Crippen MR) is 95.1 cm³/mol. The molecule has 0 aromatic carbocycles. The first-order valence-corrected chi connectivity index (χ1v) is 9.15. The number of rotatable bonds is 6. The van der Waals surface area contributed by atoms with Crippen molar-refractivity contribution in [3.63, 3.8) is 0 Å². The Morgan fingerprint density at radius 1 is 1.33 bits per heavy atom. The Balaban J connectivity index is 1.64. The van der Waals surface area contributed by atoms with Gasteiger partial charge in [0, 0.05) is 30.4 Å². The van der Waals surface area contributed by atoms with Crippen LogP contribution in [0.5, 0.6) is 0 Å². The number of carbonyl (C=O) groups is 1. The molecule has 132 valence electrons. The molecule has 2 aliphatic carbocycles. The summed E-state index contributed by atoms with van der Waals surface area (Å²) in [6.45, 7) is 5.48. The van der Waals surface area contributed by atoms with Gasteiger partial charge in [0.05, 0.1) is 6.54 Å². The van der Waals surface area contributed by atoms with Gasteiger partial charge >= 0.3 is 0 Å². The number of fused-ring (bicyclic) bond motifs is 1. The highest BCUT2D eigenvalue weighted by Crippen LogP contribution is 2.31. The number of hydrogen-bond donors (Lipinski definition) is 1. The van der Waals surface area contributed by atoms with Crippen LogP contribution in [0, 0.1) is 5.92 Å². The second-order valence-electron chi connectivity index (χ2n) is 7.71. The number of likely N-dealkylation sites (N-methyl/N-ethyl adjacent to an activating group) is 1. The smallest absolute Gasteiger partial charge is 0.250 e. The standard InChI is InChI=1S/C19H29N3O2/c1-13(2)21(3)12-18(23)20-16-7-8-17-15(10-16)6-9-19(24)22(17)11-14-4-5-14/h6,9,13-14,16H,4-5,7-8,10-12H2,1-3H3,(H,20,23). The molecule has 1 aromatic heterocycles. The Morgan fingerprint density at radius 2 is 2.08 bits per heavy atom. The summed E-state index contributed by atoms with van der Waals surface area (Å²) in [4.78, 5) is 26.4. The molecule has 1 unspecified atom stereocenters. The van der Waals surface area contributed by atoms with E-state index < -0.39 is 0 Å². The van der Waals surface area contributed by atoms with Gasteiger partial charge in [0.1, 0.15) is 0 Å². The molecule has 5 nitrogen and oxygen atoms in total. The number of hydrogen-bond acceptors (Lipinski definition) is 3. The van der Waals surface area contributed by atoms with E-state index in [1.165, 1.54) is 24.1 Å². The van der Waals surface area contributed by atoms with Gasteiger partial charge < -0.3 is 9.88 Å². The first kappa shape index (κ1) is 17.2. The molecule has 0 bridgehead atoms. The maximum Gasteiger partial charge on any atom is 0.250 e. The highest BCUT2D eigenvalue weighted by Gasteiger charge is 2.27. The minimum atomic E-state index is 0.0888. The number of nitrogens with one attached hydrogen (secondary N) is 1. The fourth-order valence-electron chi connectivity index (χ4n) is 3.39. The highest BCUT2D eigenvalue weighted by atomic mass is 16.2. The maximum absolute atomic E-state index is 12.2. The number of carbonyl (C=O) groups excluding carboxylic acids is 1. The predicted octanol–water partition coefficient (Wildman–Crippen LogP) is 1.57. The molecule has 1 atom stereocenters. The monoisotopic (exact) mass is 331 g/mol. The Labute approximate surface area is 144 Å². The van der Waals surface area contributed by atoms with E-state index >= 15 is 0 Å². The van der Waals surface area contributed by atoms with Gasteiger partial charge in [-0.25, -0.2) is 0 Å². The fraction of sp³-hybridized carbons (Fsp3) is 0.684. The van der Waals surface area contributed by atoms with Gasteiger partial charge in [0.25, 0.3) is 5.56 Å². The summed E-state index contributed by atoms with van der Waals surface area (Å²) in [6, 6.07) is 4.19. The maximum atomic E-state index is 12.2. The van der Waals surface area contributed by atoms with Crippen molar-refractivity contribution in [2.24, 2.45) is 5.92 Å². The van der Waals surface area contributed by atoms with Crippen molar-refractivity contribution in [3.8, 4) is 0 Å². The van der Waals surface area contributed by atoms with E-state index in [-0.39, 0.29) is 17.5 Å². The topological polar surface area (TPSA) is 54.3 Å². The number of aromatic nitrogens is 1. The van der Waals surface area contributed by atoms with Crippen molar-refractivity contribution in [2.75, 3.05) is 13.6 Å². The second-order valence-corrected chi connectivity index (χ2v) is 7.71. The quantitative estimate of drug-likeness (QED) is 0.861. The van der Waals surface area contributed by atoms with Crippen LogP contribution in [0.4, 0.5) is 0 Å². The molecule has 1 heterocycles. The van der Waals surface area contributed by atoms with Gasteiger partial charge in [-0.3, -0.25) is 14.5 Å². The summed E-state index contributed by atoms with van der Waals surface area (Å²) >= 11 is 0. The normalized spacial score (nSPS) is 20.3. The SMILES string of the molecule is CC(C)N(C)CC(=O)NC1CCc2c(ccc(=O)n2CC2CC2)C1. The summed E-state index contributed by atoms with van der Waals surface area (Å²) in [5, 5.41) is 3.16. The van der Waals surface area contributed by atoms with Crippen molar-refractivity contribution < 1.29 is 4.79 Å². The van der Waals surface area contributed by atoms with E-state index in [2.05, 4.69) is 19.2 Å². The van der Waals surface area contributed by atoms with Gasteiger partial charge in [-0.1, -0.05) is 6.07 Å². The largest absolute Gasteiger partial charge is 0.352 e. The zero-order valence-corrected chi connectivity index (χ0v) is 15.0. The Kier molecular flexibility index (Phi) is 5.09. The molecule has 1 N–H and O–H groups in total. The first-order chi connectivity index (χ1) is 11.4. The summed E-state index contributed by atoms with van der Waals surface area (Å²) in [5.74, 6) is 0.782. The molecule has 0 radical (unpaired) electrons. The molecule has 1 aromatic rings. The van der Waals surface area contributed by atoms with E-state index in [1.807, 2.05) is 22.6 Å². The van der Waals surface area contributed by atoms with Crippen LogP contribution >= 0.6 is 0 Å².